The molecule has 1 aliphatic rings. The average Bonchev–Trinajstić information content (AvgIpc) is 3.58. The van der Waals surface area contributed by atoms with Gasteiger partial charge in [0.05, 0.1) is 23.5 Å². The van der Waals surface area contributed by atoms with E-state index in [1.165, 1.54) is 0 Å². The monoisotopic (exact) mass is 403 g/mol. The number of hydrogen-bond donors (Lipinski definition) is 0. The van der Waals surface area contributed by atoms with Crippen LogP contribution >= 0.6 is 0 Å². The summed E-state index contributed by atoms with van der Waals surface area (Å²) in [5.41, 5.74) is 2.76. The fourth-order valence-corrected chi connectivity index (χ4v) is 3.58. The number of aryl methyl sites for hydroxylation is 1. The molecular formula is C25H29N3O2. The Kier molecular flexibility index (Phi) is 5.88. The molecule has 0 spiro atoms. The standard InChI is InChI=1S/C25H29N3O2/c1-4-18(2)27(24(29)20-15-16-20)17-23-19(3)26-28(21-11-7-5-8-12-21)25(23)30-22-13-9-6-10-14-22/h5-14,18,20H,4,15-17H2,1-3H3/t18-/m0/s1. The molecule has 0 saturated heterocycles. The average molecular weight is 404 g/mol. The van der Waals surface area contributed by atoms with E-state index < -0.39 is 0 Å². The number of nitrogens with zero attached hydrogens (tertiary/aromatic N) is 3. The maximum atomic E-state index is 13.0. The molecule has 0 aliphatic heterocycles. The van der Waals surface area contributed by atoms with Crippen LogP contribution in [-0.4, -0.2) is 26.6 Å². The molecule has 4 rings (SSSR count). The van der Waals surface area contributed by atoms with Crippen LogP contribution < -0.4 is 4.74 Å². The molecule has 30 heavy (non-hydrogen) atoms. The minimum atomic E-state index is 0.169. The quantitative estimate of drug-likeness (QED) is 0.498. The second kappa shape index (κ2) is 8.74. The topological polar surface area (TPSA) is 47.4 Å². The first kappa shape index (κ1) is 20.2. The predicted octanol–water partition coefficient (Wildman–Crippen LogP) is 5.51. The number of benzene rings is 2. The molecule has 0 bridgehead atoms. The van der Waals surface area contributed by atoms with Gasteiger partial charge in [0.15, 0.2) is 0 Å². The van der Waals surface area contributed by atoms with Gasteiger partial charge in [-0.2, -0.15) is 5.10 Å². The van der Waals surface area contributed by atoms with E-state index in [2.05, 4.69) is 13.8 Å². The summed E-state index contributed by atoms with van der Waals surface area (Å²) < 4.78 is 8.19. The van der Waals surface area contributed by atoms with Crippen molar-refractivity contribution in [3.63, 3.8) is 0 Å². The number of aromatic nitrogens is 2. The maximum Gasteiger partial charge on any atom is 0.227 e. The lowest BCUT2D eigenvalue weighted by Gasteiger charge is -2.29. The second-order valence-electron chi connectivity index (χ2n) is 8.03. The Hall–Kier alpha value is -3.08. The lowest BCUT2D eigenvalue weighted by Crippen LogP contribution is -2.38. The van der Waals surface area contributed by atoms with Gasteiger partial charge in [0, 0.05) is 12.0 Å². The molecule has 1 fully saturated rings. The molecule has 1 heterocycles. The number of para-hydroxylation sites is 2. The summed E-state index contributed by atoms with van der Waals surface area (Å²) in [6.07, 6.45) is 2.92. The van der Waals surface area contributed by atoms with Gasteiger partial charge in [-0.3, -0.25) is 4.79 Å². The van der Waals surface area contributed by atoms with Crippen molar-refractivity contribution >= 4 is 5.91 Å². The Morgan fingerprint density at radius 1 is 1.13 bits per heavy atom. The molecule has 1 saturated carbocycles. The fraction of sp³-hybridized carbons (Fsp3) is 0.360. The summed E-state index contributed by atoms with van der Waals surface area (Å²) in [5.74, 6) is 1.85. The molecule has 2 aromatic carbocycles. The van der Waals surface area contributed by atoms with E-state index in [1.807, 2.05) is 77.2 Å². The van der Waals surface area contributed by atoms with Crippen LogP contribution in [0.15, 0.2) is 60.7 Å². The largest absolute Gasteiger partial charge is 0.439 e. The summed E-state index contributed by atoms with van der Waals surface area (Å²) in [6, 6.07) is 19.9. The molecule has 1 atom stereocenters. The van der Waals surface area contributed by atoms with Gasteiger partial charge in [-0.05, 0) is 57.4 Å². The van der Waals surface area contributed by atoms with Crippen LogP contribution in [0.2, 0.25) is 0 Å². The normalized spacial score (nSPS) is 14.4. The highest BCUT2D eigenvalue weighted by molar-refractivity contribution is 5.81. The number of carbonyl (C=O) groups excluding carboxylic acids is 1. The van der Waals surface area contributed by atoms with Gasteiger partial charge in [0.1, 0.15) is 5.75 Å². The summed E-state index contributed by atoms with van der Waals surface area (Å²) >= 11 is 0. The van der Waals surface area contributed by atoms with Crippen molar-refractivity contribution in [1.29, 1.82) is 0 Å². The van der Waals surface area contributed by atoms with Crippen LogP contribution in [0, 0.1) is 12.8 Å². The highest BCUT2D eigenvalue weighted by Gasteiger charge is 2.36. The fourth-order valence-electron chi connectivity index (χ4n) is 3.58. The minimum Gasteiger partial charge on any atom is -0.439 e. The number of hydrogen-bond acceptors (Lipinski definition) is 3. The molecule has 3 aromatic rings. The molecule has 156 valence electrons. The van der Waals surface area contributed by atoms with Crippen LogP contribution in [0.5, 0.6) is 11.6 Å². The summed E-state index contributed by atoms with van der Waals surface area (Å²) in [7, 11) is 0. The van der Waals surface area contributed by atoms with Crippen molar-refractivity contribution in [3.8, 4) is 17.3 Å². The third-order valence-corrected chi connectivity index (χ3v) is 5.76. The van der Waals surface area contributed by atoms with Crippen LogP contribution in [0.3, 0.4) is 0 Å². The zero-order chi connectivity index (χ0) is 21.1. The van der Waals surface area contributed by atoms with Gasteiger partial charge in [0.25, 0.3) is 0 Å². The summed E-state index contributed by atoms with van der Waals surface area (Å²) in [4.78, 5) is 15.0. The molecule has 1 amide bonds. The highest BCUT2D eigenvalue weighted by atomic mass is 16.5. The lowest BCUT2D eigenvalue weighted by molar-refractivity contribution is -0.135. The van der Waals surface area contributed by atoms with Gasteiger partial charge >= 0.3 is 0 Å². The SMILES string of the molecule is CC[C@H](C)N(Cc1c(C)nn(-c2ccccc2)c1Oc1ccccc1)C(=O)C1CC1. The molecule has 5 nitrogen and oxygen atoms in total. The predicted molar refractivity (Wildman–Crippen MR) is 118 cm³/mol. The van der Waals surface area contributed by atoms with E-state index in [0.717, 1.165) is 42.0 Å². The Bertz CT molecular complexity index is 994. The number of ether oxygens (including phenoxy) is 1. The molecule has 0 N–H and O–H groups in total. The van der Waals surface area contributed by atoms with Crippen molar-refractivity contribution < 1.29 is 9.53 Å². The van der Waals surface area contributed by atoms with Crippen molar-refractivity contribution in [2.45, 2.75) is 52.6 Å². The Balaban J connectivity index is 1.75. The second-order valence-corrected chi connectivity index (χ2v) is 8.03. The van der Waals surface area contributed by atoms with E-state index >= 15 is 0 Å². The van der Waals surface area contributed by atoms with E-state index in [4.69, 9.17) is 9.84 Å². The van der Waals surface area contributed by atoms with Crippen molar-refractivity contribution in [2.75, 3.05) is 0 Å². The van der Waals surface area contributed by atoms with Crippen molar-refractivity contribution in [2.24, 2.45) is 5.92 Å². The first-order valence-corrected chi connectivity index (χ1v) is 10.8. The van der Waals surface area contributed by atoms with Crippen LogP contribution in [0.25, 0.3) is 5.69 Å². The first-order valence-electron chi connectivity index (χ1n) is 10.8. The Morgan fingerprint density at radius 2 is 1.77 bits per heavy atom. The van der Waals surface area contributed by atoms with Gasteiger partial charge in [-0.1, -0.05) is 43.3 Å². The van der Waals surface area contributed by atoms with E-state index in [9.17, 15) is 4.79 Å². The molecule has 1 aromatic heterocycles. The maximum absolute atomic E-state index is 13.0. The molecule has 0 unspecified atom stereocenters. The lowest BCUT2D eigenvalue weighted by atomic mass is 10.1. The van der Waals surface area contributed by atoms with Crippen LogP contribution in [-0.2, 0) is 11.3 Å². The van der Waals surface area contributed by atoms with Crippen molar-refractivity contribution in [3.05, 3.63) is 71.9 Å². The summed E-state index contributed by atoms with van der Waals surface area (Å²) in [6.45, 7) is 6.74. The van der Waals surface area contributed by atoms with E-state index in [1.54, 1.807) is 0 Å². The van der Waals surface area contributed by atoms with Gasteiger partial charge < -0.3 is 9.64 Å². The van der Waals surface area contributed by atoms with Crippen LogP contribution in [0.1, 0.15) is 44.4 Å². The van der Waals surface area contributed by atoms with Crippen LogP contribution in [0.4, 0.5) is 0 Å². The number of carbonyl (C=O) groups is 1. The Labute approximate surface area is 178 Å². The third-order valence-electron chi connectivity index (χ3n) is 5.76. The first-order chi connectivity index (χ1) is 14.6. The zero-order valence-electron chi connectivity index (χ0n) is 17.9. The zero-order valence-corrected chi connectivity index (χ0v) is 17.9. The molecule has 1 aliphatic carbocycles. The smallest absolute Gasteiger partial charge is 0.227 e. The minimum absolute atomic E-state index is 0.169. The number of rotatable bonds is 8. The van der Waals surface area contributed by atoms with Gasteiger partial charge in [0.2, 0.25) is 11.8 Å². The third kappa shape index (κ3) is 4.25. The molecule has 0 radical (unpaired) electrons. The van der Waals surface area contributed by atoms with E-state index in [-0.39, 0.29) is 17.9 Å². The Morgan fingerprint density at radius 3 is 2.37 bits per heavy atom. The summed E-state index contributed by atoms with van der Waals surface area (Å²) in [5, 5.41) is 4.79. The van der Waals surface area contributed by atoms with Gasteiger partial charge in [-0.25, -0.2) is 4.68 Å². The van der Waals surface area contributed by atoms with E-state index in [0.29, 0.717) is 12.4 Å². The molecular weight excluding hydrogens is 374 g/mol. The number of amides is 1. The molecule has 5 heteroatoms. The highest BCUT2D eigenvalue weighted by Crippen LogP contribution is 2.35. The van der Waals surface area contributed by atoms with Gasteiger partial charge in [-0.15, -0.1) is 0 Å². The van der Waals surface area contributed by atoms with Crippen molar-refractivity contribution in [1.82, 2.24) is 14.7 Å².